The van der Waals surface area contributed by atoms with Crippen molar-refractivity contribution in [3.63, 3.8) is 0 Å². The van der Waals surface area contributed by atoms with Crippen LogP contribution in [0.15, 0.2) is 17.0 Å². The molecule has 0 radical (unpaired) electrons. The summed E-state index contributed by atoms with van der Waals surface area (Å²) in [5.41, 5.74) is 0.804. The van der Waals surface area contributed by atoms with Gasteiger partial charge >= 0.3 is 0 Å². The van der Waals surface area contributed by atoms with Gasteiger partial charge in [-0.25, -0.2) is 8.42 Å². The lowest BCUT2D eigenvalue weighted by atomic mass is 9.95. The summed E-state index contributed by atoms with van der Waals surface area (Å²) in [6.45, 7) is 4.18. The quantitative estimate of drug-likeness (QED) is 0.810. The lowest BCUT2D eigenvalue weighted by Gasteiger charge is -2.33. The monoisotopic (exact) mass is 345 g/mol. The van der Waals surface area contributed by atoms with E-state index in [1.54, 1.807) is 10.4 Å². The highest BCUT2D eigenvalue weighted by Gasteiger charge is 2.33. The van der Waals surface area contributed by atoms with Crippen LogP contribution >= 0.6 is 11.6 Å². The zero-order chi connectivity index (χ0) is 16.3. The number of ether oxygens (including phenoxy) is 1. The summed E-state index contributed by atoms with van der Waals surface area (Å²) in [6, 6.07) is 3.27. The van der Waals surface area contributed by atoms with Crippen LogP contribution in [0, 0.1) is 6.92 Å². The van der Waals surface area contributed by atoms with Crippen molar-refractivity contribution in [1.82, 2.24) is 4.31 Å². The number of hydrogen-bond donors (Lipinski definition) is 0. The summed E-state index contributed by atoms with van der Waals surface area (Å²) in [5.74, 6) is 0.358. The molecular weight excluding hydrogens is 322 g/mol. The molecular formula is C16H24ClNO3S. The standard InChI is InChI=1S/C16H24ClNO3S/c1-4-18(13-8-6-5-7-9-13)22(19,20)16-11-14(17)12(2)10-15(16)21-3/h10-11,13H,4-9H2,1-3H3. The fourth-order valence-electron chi connectivity index (χ4n) is 3.12. The van der Waals surface area contributed by atoms with Crippen molar-refractivity contribution in [3.8, 4) is 5.75 Å². The smallest absolute Gasteiger partial charge is 0.247 e. The average molecular weight is 346 g/mol. The van der Waals surface area contributed by atoms with Crippen LogP contribution in [-0.4, -0.2) is 32.4 Å². The fraction of sp³-hybridized carbons (Fsp3) is 0.625. The van der Waals surface area contributed by atoms with Crippen molar-refractivity contribution < 1.29 is 13.2 Å². The molecule has 1 aliphatic rings. The van der Waals surface area contributed by atoms with Crippen molar-refractivity contribution in [2.75, 3.05) is 13.7 Å². The van der Waals surface area contributed by atoms with Crippen LogP contribution in [0.25, 0.3) is 0 Å². The highest BCUT2D eigenvalue weighted by Crippen LogP contribution is 2.34. The Labute approximate surface area is 138 Å². The maximum Gasteiger partial charge on any atom is 0.247 e. The van der Waals surface area contributed by atoms with Crippen molar-refractivity contribution in [2.24, 2.45) is 0 Å². The maximum absolute atomic E-state index is 13.1. The molecule has 0 saturated heterocycles. The number of aryl methyl sites for hydroxylation is 1. The summed E-state index contributed by atoms with van der Waals surface area (Å²) in [5, 5.41) is 0.444. The largest absolute Gasteiger partial charge is 0.495 e. The summed E-state index contributed by atoms with van der Waals surface area (Å²) < 4.78 is 33.1. The van der Waals surface area contributed by atoms with E-state index in [-0.39, 0.29) is 10.9 Å². The molecule has 0 unspecified atom stereocenters. The Kier molecular flexibility index (Phi) is 5.75. The van der Waals surface area contributed by atoms with Gasteiger partial charge < -0.3 is 4.74 Å². The summed E-state index contributed by atoms with van der Waals surface area (Å²) >= 11 is 6.14. The second kappa shape index (κ2) is 7.20. The first-order valence-electron chi connectivity index (χ1n) is 7.77. The Hall–Kier alpha value is -0.780. The van der Waals surface area contributed by atoms with Gasteiger partial charge in [-0.05, 0) is 37.5 Å². The molecule has 0 N–H and O–H groups in total. The zero-order valence-corrected chi connectivity index (χ0v) is 15.0. The molecule has 0 amide bonds. The average Bonchev–Trinajstić information content (AvgIpc) is 2.51. The normalized spacial score (nSPS) is 17.0. The first-order valence-corrected chi connectivity index (χ1v) is 9.59. The summed E-state index contributed by atoms with van der Waals surface area (Å²) in [4.78, 5) is 0.165. The van der Waals surface area contributed by atoms with E-state index in [2.05, 4.69) is 0 Å². The number of rotatable bonds is 5. The maximum atomic E-state index is 13.1. The summed E-state index contributed by atoms with van der Waals surface area (Å²) in [6.07, 6.45) is 5.21. The molecule has 0 spiro atoms. The Morgan fingerprint density at radius 2 is 1.91 bits per heavy atom. The molecule has 1 aromatic rings. The van der Waals surface area contributed by atoms with Crippen LogP contribution in [0.1, 0.15) is 44.6 Å². The van der Waals surface area contributed by atoms with E-state index in [9.17, 15) is 8.42 Å². The van der Waals surface area contributed by atoms with E-state index in [0.717, 1.165) is 31.2 Å². The highest BCUT2D eigenvalue weighted by molar-refractivity contribution is 7.89. The third-order valence-corrected chi connectivity index (χ3v) is 6.78. The lowest BCUT2D eigenvalue weighted by molar-refractivity contribution is 0.260. The van der Waals surface area contributed by atoms with Gasteiger partial charge in [-0.15, -0.1) is 0 Å². The van der Waals surface area contributed by atoms with Crippen LogP contribution in [0.5, 0.6) is 5.75 Å². The number of methoxy groups -OCH3 is 1. The molecule has 0 atom stereocenters. The van der Waals surface area contributed by atoms with Crippen molar-refractivity contribution in [2.45, 2.75) is 56.9 Å². The van der Waals surface area contributed by atoms with Crippen molar-refractivity contribution in [3.05, 3.63) is 22.7 Å². The van der Waals surface area contributed by atoms with Gasteiger partial charge in [-0.3, -0.25) is 0 Å². The Bertz CT molecular complexity index is 625. The van der Waals surface area contributed by atoms with Crippen LogP contribution in [-0.2, 0) is 10.0 Å². The lowest BCUT2D eigenvalue weighted by Crippen LogP contribution is -2.41. The first kappa shape index (κ1) is 17.6. The molecule has 0 aromatic heterocycles. The van der Waals surface area contributed by atoms with Crippen molar-refractivity contribution >= 4 is 21.6 Å². The predicted octanol–water partition coefficient (Wildman–Crippen LogP) is 4.00. The molecule has 6 heteroatoms. The predicted molar refractivity (Wildman–Crippen MR) is 89.2 cm³/mol. The van der Waals surface area contributed by atoms with E-state index in [4.69, 9.17) is 16.3 Å². The highest BCUT2D eigenvalue weighted by atomic mass is 35.5. The van der Waals surface area contributed by atoms with E-state index >= 15 is 0 Å². The third kappa shape index (κ3) is 3.42. The molecule has 0 bridgehead atoms. The van der Waals surface area contributed by atoms with E-state index in [1.807, 2.05) is 13.8 Å². The van der Waals surface area contributed by atoms with E-state index in [1.165, 1.54) is 19.6 Å². The van der Waals surface area contributed by atoms with Crippen LogP contribution in [0.3, 0.4) is 0 Å². The summed E-state index contributed by atoms with van der Waals surface area (Å²) in [7, 11) is -2.12. The Morgan fingerprint density at radius 1 is 1.27 bits per heavy atom. The van der Waals surface area contributed by atoms with Crippen LogP contribution in [0.2, 0.25) is 5.02 Å². The molecule has 0 heterocycles. The second-order valence-corrected chi connectivity index (χ2v) is 8.02. The SMILES string of the molecule is CCN(C1CCCCC1)S(=O)(=O)c1cc(Cl)c(C)cc1OC. The molecule has 1 aromatic carbocycles. The van der Waals surface area contributed by atoms with E-state index in [0.29, 0.717) is 17.3 Å². The van der Waals surface area contributed by atoms with Gasteiger partial charge in [0, 0.05) is 17.6 Å². The Balaban J connectivity index is 2.45. The minimum absolute atomic E-state index is 0.0773. The van der Waals surface area contributed by atoms with Gasteiger partial charge in [0.25, 0.3) is 0 Å². The molecule has 2 rings (SSSR count). The minimum Gasteiger partial charge on any atom is -0.495 e. The molecule has 22 heavy (non-hydrogen) atoms. The number of benzene rings is 1. The number of sulfonamides is 1. The van der Waals surface area contributed by atoms with Gasteiger partial charge in [0.1, 0.15) is 10.6 Å². The van der Waals surface area contributed by atoms with Crippen LogP contribution < -0.4 is 4.74 Å². The number of halogens is 1. The molecule has 1 saturated carbocycles. The Morgan fingerprint density at radius 3 is 2.45 bits per heavy atom. The fourth-order valence-corrected chi connectivity index (χ4v) is 5.21. The van der Waals surface area contributed by atoms with Gasteiger partial charge in [0.2, 0.25) is 10.0 Å². The van der Waals surface area contributed by atoms with Gasteiger partial charge in [0.15, 0.2) is 0 Å². The first-order chi connectivity index (χ1) is 10.4. The third-order valence-electron chi connectivity index (χ3n) is 4.33. The zero-order valence-electron chi connectivity index (χ0n) is 13.4. The molecule has 124 valence electrons. The number of hydrogen-bond acceptors (Lipinski definition) is 3. The molecule has 1 fully saturated rings. The molecule has 0 aliphatic heterocycles. The van der Waals surface area contributed by atoms with Crippen molar-refractivity contribution in [1.29, 1.82) is 0 Å². The molecule has 1 aliphatic carbocycles. The number of nitrogens with zero attached hydrogens (tertiary/aromatic N) is 1. The van der Waals surface area contributed by atoms with Gasteiger partial charge in [0.05, 0.1) is 7.11 Å². The van der Waals surface area contributed by atoms with Gasteiger partial charge in [-0.2, -0.15) is 4.31 Å². The van der Waals surface area contributed by atoms with Crippen LogP contribution in [0.4, 0.5) is 0 Å². The topological polar surface area (TPSA) is 46.6 Å². The van der Waals surface area contributed by atoms with E-state index < -0.39 is 10.0 Å². The van der Waals surface area contributed by atoms with Gasteiger partial charge in [-0.1, -0.05) is 37.8 Å². The second-order valence-electron chi connectivity index (χ2n) is 5.75. The molecule has 4 nitrogen and oxygen atoms in total. The minimum atomic E-state index is -3.61.